The van der Waals surface area contributed by atoms with E-state index in [0.29, 0.717) is 34.1 Å². The number of anilines is 1. The molecule has 0 aliphatic carbocycles. The van der Waals surface area contributed by atoms with Crippen LogP contribution in [0.2, 0.25) is 0 Å². The van der Waals surface area contributed by atoms with Gasteiger partial charge in [0.1, 0.15) is 29.6 Å². The molecule has 3 aromatic rings. The molecule has 3 rings (SSSR count). The fraction of sp³-hybridized carbons (Fsp3) is 0.261. The van der Waals surface area contributed by atoms with Crippen molar-refractivity contribution in [3.8, 4) is 22.8 Å². The van der Waals surface area contributed by atoms with Crippen LogP contribution in [0.1, 0.15) is 36.4 Å². The van der Waals surface area contributed by atoms with Crippen molar-refractivity contribution in [2.45, 2.75) is 33.0 Å². The molecule has 0 aliphatic rings. The number of carbonyl (C=O) groups excluding carboxylic acids is 1. The number of aliphatic hydroxyl groups is 1. The van der Waals surface area contributed by atoms with Gasteiger partial charge in [-0.05, 0) is 67.9 Å². The maximum atomic E-state index is 12.6. The molecule has 1 atom stereocenters. The van der Waals surface area contributed by atoms with Gasteiger partial charge < -0.3 is 24.3 Å². The third-order valence-electron chi connectivity index (χ3n) is 4.57. The monoisotopic (exact) mass is 395 g/mol. The van der Waals surface area contributed by atoms with Crippen LogP contribution in [0, 0.1) is 0 Å². The van der Waals surface area contributed by atoms with Gasteiger partial charge in [-0.25, -0.2) is 0 Å². The van der Waals surface area contributed by atoms with Gasteiger partial charge in [0.25, 0.3) is 5.91 Å². The number of ether oxygens (including phenoxy) is 2. The van der Waals surface area contributed by atoms with Crippen LogP contribution in [0.15, 0.2) is 59.0 Å². The smallest absolute Gasteiger partial charge is 0.255 e. The summed E-state index contributed by atoms with van der Waals surface area (Å²) in [6.07, 6.45) is 1.04. The molecule has 2 N–H and O–H groups in total. The molecule has 0 bridgehead atoms. The quantitative estimate of drug-likeness (QED) is 0.568. The van der Waals surface area contributed by atoms with Crippen molar-refractivity contribution in [1.82, 2.24) is 0 Å². The Kier molecular flexibility index (Phi) is 6.57. The van der Waals surface area contributed by atoms with Crippen LogP contribution in [-0.4, -0.2) is 24.2 Å². The van der Waals surface area contributed by atoms with E-state index in [9.17, 15) is 9.90 Å². The van der Waals surface area contributed by atoms with Crippen molar-refractivity contribution in [2.75, 3.05) is 12.4 Å². The Labute approximate surface area is 170 Å². The predicted octanol–water partition coefficient (Wildman–Crippen LogP) is 4.88. The van der Waals surface area contributed by atoms with Crippen LogP contribution in [0.4, 0.5) is 5.69 Å². The summed E-state index contributed by atoms with van der Waals surface area (Å²) < 4.78 is 16.7. The van der Waals surface area contributed by atoms with E-state index in [1.54, 1.807) is 61.7 Å². The van der Waals surface area contributed by atoms with E-state index < -0.39 is 0 Å². The van der Waals surface area contributed by atoms with Gasteiger partial charge in [-0.3, -0.25) is 4.79 Å². The minimum absolute atomic E-state index is 0.125. The third kappa shape index (κ3) is 4.97. The minimum atomic E-state index is -0.230. The lowest BCUT2D eigenvalue weighted by Crippen LogP contribution is -2.13. The normalized spacial score (nSPS) is 11.7. The first kappa shape index (κ1) is 20.5. The van der Waals surface area contributed by atoms with E-state index in [4.69, 9.17) is 13.9 Å². The van der Waals surface area contributed by atoms with E-state index in [2.05, 4.69) is 12.2 Å². The molecule has 6 heteroatoms. The standard InChI is InChI=1S/C23H25NO5/c1-4-15(2)28-18-8-5-16(6-9-18)23(26)24-17-7-11-21(27-3)20(13-17)22-12-10-19(14-25)29-22/h5-13,15,25H,4,14H2,1-3H3,(H,24,26)/t15-/m1/s1. The van der Waals surface area contributed by atoms with Gasteiger partial charge in [0, 0.05) is 11.3 Å². The molecule has 0 saturated heterocycles. The minimum Gasteiger partial charge on any atom is -0.496 e. The Balaban J connectivity index is 1.77. The van der Waals surface area contributed by atoms with Crippen molar-refractivity contribution in [3.63, 3.8) is 0 Å². The highest BCUT2D eigenvalue weighted by Crippen LogP contribution is 2.34. The van der Waals surface area contributed by atoms with E-state index in [0.717, 1.165) is 12.2 Å². The topological polar surface area (TPSA) is 80.9 Å². The number of hydrogen-bond acceptors (Lipinski definition) is 5. The average molecular weight is 395 g/mol. The summed E-state index contributed by atoms with van der Waals surface area (Å²) in [5.41, 5.74) is 1.81. The summed E-state index contributed by atoms with van der Waals surface area (Å²) in [6, 6.07) is 15.8. The van der Waals surface area contributed by atoms with Gasteiger partial charge >= 0.3 is 0 Å². The van der Waals surface area contributed by atoms with E-state index in [1.165, 1.54) is 0 Å². The van der Waals surface area contributed by atoms with Crippen molar-refractivity contribution in [1.29, 1.82) is 0 Å². The second kappa shape index (κ2) is 9.30. The molecule has 152 valence electrons. The number of carbonyl (C=O) groups is 1. The maximum absolute atomic E-state index is 12.6. The highest BCUT2D eigenvalue weighted by Gasteiger charge is 2.13. The van der Waals surface area contributed by atoms with Gasteiger partial charge in [0.15, 0.2) is 0 Å². The zero-order valence-electron chi connectivity index (χ0n) is 16.8. The maximum Gasteiger partial charge on any atom is 0.255 e. The van der Waals surface area contributed by atoms with Crippen molar-refractivity contribution in [3.05, 3.63) is 65.9 Å². The van der Waals surface area contributed by atoms with Gasteiger partial charge in [-0.1, -0.05) is 6.92 Å². The molecule has 0 aliphatic heterocycles. The van der Waals surface area contributed by atoms with Crippen LogP contribution < -0.4 is 14.8 Å². The zero-order chi connectivity index (χ0) is 20.8. The molecular formula is C23H25NO5. The third-order valence-corrected chi connectivity index (χ3v) is 4.57. The van der Waals surface area contributed by atoms with Crippen LogP contribution in [0.5, 0.6) is 11.5 Å². The molecule has 0 radical (unpaired) electrons. The Hall–Kier alpha value is -3.25. The summed E-state index contributed by atoms with van der Waals surface area (Å²) in [7, 11) is 1.57. The molecule has 0 saturated carbocycles. The van der Waals surface area contributed by atoms with Crippen LogP contribution in [0.3, 0.4) is 0 Å². The van der Waals surface area contributed by atoms with E-state index >= 15 is 0 Å². The molecule has 0 unspecified atom stereocenters. The highest BCUT2D eigenvalue weighted by molar-refractivity contribution is 6.04. The number of amides is 1. The molecule has 2 aromatic carbocycles. The molecule has 0 fully saturated rings. The Morgan fingerprint density at radius 3 is 2.52 bits per heavy atom. The van der Waals surface area contributed by atoms with Gasteiger partial charge in [-0.2, -0.15) is 0 Å². The largest absolute Gasteiger partial charge is 0.496 e. The van der Waals surface area contributed by atoms with Gasteiger partial charge in [0.05, 0.1) is 18.8 Å². The number of aliphatic hydroxyl groups excluding tert-OH is 1. The molecule has 6 nitrogen and oxygen atoms in total. The molecule has 0 spiro atoms. The first-order chi connectivity index (χ1) is 14.0. The van der Waals surface area contributed by atoms with Crippen molar-refractivity contribution >= 4 is 11.6 Å². The number of nitrogens with one attached hydrogen (secondary N) is 1. The van der Waals surface area contributed by atoms with Crippen LogP contribution >= 0.6 is 0 Å². The van der Waals surface area contributed by atoms with E-state index in [1.807, 2.05) is 6.92 Å². The number of rotatable bonds is 8. The number of furan rings is 1. The Bertz CT molecular complexity index is 962. The van der Waals surface area contributed by atoms with Crippen molar-refractivity contribution in [2.24, 2.45) is 0 Å². The lowest BCUT2D eigenvalue weighted by Gasteiger charge is -2.13. The SMILES string of the molecule is CC[C@@H](C)Oc1ccc(C(=O)Nc2ccc(OC)c(-c3ccc(CO)o3)c2)cc1. The molecular weight excluding hydrogens is 370 g/mol. The average Bonchev–Trinajstić information content (AvgIpc) is 3.23. The van der Waals surface area contributed by atoms with Crippen LogP contribution in [0.25, 0.3) is 11.3 Å². The number of methoxy groups -OCH3 is 1. The van der Waals surface area contributed by atoms with Gasteiger partial charge in [0.2, 0.25) is 0 Å². The molecule has 1 aromatic heterocycles. The molecule has 1 amide bonds. The Morgan fingerprint density at radius 1 is 1.14 bits per heavy atom. The van der Waals surface area contributed by atoms with E-state index in [-0.39, 0.29) is 18.6 Å². The van der Waals surface area contributed by atoms with Gasteiger partial charge in [-0.15, -0.1) is 0 Å². The highest BCUT2D eigenvalue weighted by atomic mass is 16.5. The van der Waals surface area contributed by atoms with Crippen molar-refractivity contribution < 1.29 is 23.8 Å². The summed E-state index contributed by atoms with van der Waals surface area (Å²) in [6.45, 7) is 3.88. The molecule has 1 heterocycles. The number of hydrogen-bond donors (Lipinski definition) is 2. The summed E-state index contributed by atoms with van der Waals surface area (Å²) in [5.74, 6) is 2.12. The lowest BCUT2D eigenvalue weighted by molar-refractivity contribution is 0.102. The first-order valence-corrected chi connectivity index (χ1v) is 9.50. The summed E-state index contributed by atoms with van der Waals surface area (Å²) in [4.78, 5) is 12.6. The number of benzene rings is 2. The molecule has 29 heavy (non-hydrogen) atoms. The fourth-order valence-electron chi connectivity index (χ4n) is 2.79. The van der Waals surface area contributed by atoms with Crippen LogP contribution in [-0.2, 0) is 6.61 Å². The zero-order valence-corrected chi connectivity index (χ0v) is 16.8. The first-order valence-electron chi connectivity index (χ1n) is 9.50. The second-order valence-electron chi connectivity index (χ2n) is 6.65. The predicted molar refractivity (Wildman–Crippen MR) is 111 cm³/mol. The lowest BCUT2D eigenvalue weighted by atomic mass is 10.1. The summed E-state index contributed by atoms with van der Waals surface area (Å²) in [5, 5.41) is 12.1. The fourth-order valence-corrected chi connectivity index (χ4v) is 2.79. The second-order valence-corrected chi connectivity index (χ2v) is 6.65. The Morgan fingerprint density at radius 2 is 1.90 bits per heavy atom. The summed E-state index contributed by atoms with van der Waals surface area (Å²) >= 11 is 0.